The molecule has 0 aliphatic carbocycles. The fraction of sp³-hybridized carbons (Fsp3) is 0.483. The number of anilines is 2. The van der Waals surface area contributed by atoms with Gasteiger partial charge in [0.15, 0.2) is 0 Å². The minimum Gasteiger partial charge on any atom is -0.497 e. The fourth-order valence-corrected chi connectivity index (χ4v) is 6.51. The number of rotatable bonds is 10. The monoisotopic (exact) mass is 537 g/mol. The molecular weight excluding hydrogens is 502 g/mol. The molecule has 2 aromatic rings. The van der Waals surface area contributed by atoms with Crippen molar-refractivity contribution in [2.75, 3.05) is 37.5 Å². The molecule has 3 aliphatic heterocycles. The van der Waals surface area contributed by atoms with Gasteiger partial charge in [-0.1, -0.05) is 0 Å². The third-order valence-corrected chi connectivity index (χ3v) is 8.15. The molecule has 208 valence electrons. The Hall–Kier alpha value is -3.63. The molecule has 5 rings (SSSR count). The smallest absolute Gasteiger partial charge is 0.250 e. The molecule has 3 heterocycles. The molecule has 3 saturated heterocycles. The number of aliphatic hydroxyl groups excluding tert-OH is 1. The Kier molecular flexibility index (Phi) is 7.26. The standard InChI is InChI=1S/C29H35N3O7/c1-4-38-21-12-8-18(9-13-21)30-25(34)22-23-27(36)32(16-5-17-33)24(29(23)15-14-28(22,2)39-29)26(35)31-19-6-10-20(37-3)11-7-19/h6-13,22-24,33H,4-5,14-17H2,1-3H3,(H,30,34)(H,31,35)/t22-,23-,24?,28+,29?/m0/s1. The highest BCUT2D eigenvalue weighted by Gasteiger charge is 2.77. The van der Waals surface area contributed by atoms with E-state index in [4.69, 9.17) is 14.2 Å². The third kappa shape index (κ3) is 4.61. The van der Waals surface area contributed by atoms with Crippen LogP contribution in [0.2, 0.25) is 0 Å². The summed E-state index contributed by atoms with van der Waals surface area (Å²) in [5, 5.41) is 15.4. The summed E-state index contributed by atoms with van der Waals surface area (Å²) < 4.78 is 17.3. The number of carbonyl (C=O) groups is 3. The van der Waals surface area contributed by atoms with Crippen LogP contribution in [-0.4, -0.2) is 71.8 Å². The van der Waals surface area contributed by atoms with Gasteiger partial charge in [0.2, 0.25) is 17.7 Å². The number of ether oxygens (including phenoxy) is 3. The predicted octanol–water partition coefficient (Wildman–Crippen LogP) is 2.82. The number of benzene rings is 2. The Labute approximate surface area is 227 Å². The van der Waals surface area contributed by atoms with Gasteiger partial charge in [-0.05, 0) is 81.6 Å². The maximum atomic E-state index is 13.9. The highest BCUT2D eigenvalue weighted by atomic mass is 16.5. The van der Waals surface area contributed by atoms with E-state index in [1.54, 1.807) is 55.6 Å². The Bertz CT molecular complexity index is 1230. The SMILES string of the molecule is CCOc1ccc(NC(=O)[C@@H]2[C@H]3C(=O)N(CCCO)C(C(=O)Nc4ccc(OC)cc4)C34CC[C@@]2(C)O4)cc1. The van der Waals surface area contributed by atoms with E-state index in [9.17, 15) is 19.5 Å². The third-order valence-electron chi connectivity index (χ3n) is 8.15. The topological polar surface area (TPSA) is 126 Å². The first-order chi connectivity index (χ1) is 18.8. The second-order valence-corrected chi connectivity index (χ2v) is 10.5. The minimum absolute atomic E-state index is 0.130. The quantitative estimate of drug-likeness (QED) is 0.425. The summed E-state index contributed by atoms with van der Waals surface area (Å²) in [5.41, 5.74) is -0.894. The molecule has 0 aromatic heterocycles. The molecule has 3 fully saturated rings. The van der Waals surface area contributed by atoms with Crippen LogP contribution in [0.5, 0.6) is 11.5 Å². The van der Waals surface area contributed by atoms with Gasteiger partial charge in [-0.15, -0.1) is 0 Å². The molecule has 3 amide bonds. The number of fused-ring (bicyclic) bond motifs is 1. The second-order valence-electron chi connectivity index (χ2n) is 10.5. The van der Waals surface area contributed by atoms with Crippen molar-refractivity contribution >= 4 is 29.1 Å². The summed E-state index contributed by atoms with van der Waals surface area (Å²) in [7, 11) is 1.56. The van der Waals surface area contributed by atoms with Crippen molar-refractivity contribution in [1.82, 2.24) is 4.90 Å². The Morgan fingerprint density at radius 3 is 2.23 bits per heavy atom. The number of methoxy groups -OCH3 is 1. The van der Waals surface area contributed by atoms with Gasteiger partial charge < -0.3 is 34.9 Å². The Balaban J connectivity index is 1.43. The van der Waals surface area contributed by atoms with E-state index in [-0.39, 0.29) is 30.9 Å². The summed E-state index contributed by atoms with van der Waals surface area (Å²) >= 11 is 0. The van der Waals surface area contributed by atoms with Crippen LogP contribution < -0.4 is 20.1 Å². The van der Waals surface area contributed by atoms with E-state index in [1.165, 1.54) is 4.90 Å². The van der Waals surface area contributed by atoms with Crippen LogP contribution in [0.1, 0.15) is 33.1 Å². The first-order valence-electron chi connectivity index (χ1n) is 13.4. The minimum atomic E-state index is -1.14. The van der Waals surface area contributed by atoms with Gasteiger partial charge in [-0.2, -0.15) is 0 Å². The number of nitrogens with one attached hydrogen (secondary N) is 2. The normalized spacial score (nSPS) is 28.8. The molecule has 2 bridgehead atoms. The highest BCUT2D eigenvalue weighted by Crippen LogP contribution is 2.63. The molecule has 2 aromatic carbocycles. The Morgan fingerprint density at radius 1 is 1.03 bits per heavy atom. The van der Waals surface area contributed by atoms with Crippen LogP contribution in [0.15, 0.2) is 48.5 Å². The molecule has 39 heavy (non-hydrogen) atoms. The zero-order valence-electron chi connectivity index (χ0n) is 22.4. The van der Waals surface area contributed by atoms with E-state index in [1.807, 2.05) is 13.8 Å². The molecule has 3 N–H and O–H groups in total. The first-order valence-corrected chi connectivity index (χ1v) is 13.4. The summed E-state index contributed by atoms with van der Waals surface area (Å²) in [5.74, 6) is -1.25. The zero-order chi connectivity index (χ0) is 27.8. The lowest BCUT2D eigenvalue weighted by molar-refractivity contribution is -0.143. The lowest BCUT2D eigenvalue weighted by atomic mass is 9.66. The van der Waals surface area contributed by atoms with Crippen LogP contribution in [0, 0.1) is 11.8 Å². The van der Waals surface area contributed by atoms with Gasteiger partial charge in [-0.25, -0.2) is 0 Å². The maximum Gasteiger partial charge on any atom is 0.250 e. The summed E-state index contributed by atoms with van der Waals surface area (Å²) in [4.78, 5) is 42.9. The van der Waals surface area contributed by atoms with Crippen molar-refractivity contribution in [2.24, 2.45) is 11.8 Å². The molecular formula is C29H35N3O7. The fourth-order valence-electron chi connectivity index (χ4n) is 6.51. The number of amides is 3. The molecule has 0 saturated carbocycles. The van der Waals surface area contributed by atoms with Crippen molar-refractivity contribution in [3.63, 3.8) is 0 Å². The van der Waals surface area contributed by atoms with Crippen LogP contribution >= 0.6 is 0 Å². The number of carbonyl (C=O) groups excluding carboxylic acids is 3. The van der Waals surface area contributed by atoms with E-state index >= 15 is 0 Å². The molecule has 10 nitrogen and oxygen atoms in total. The average Bonchev–Trinajstić information content (AvgIpc) is 3.49. The lowest BCUT2D eigenvalue weighted by Gasteiger charge is -2.33. The average molecular weight is 538 g/mol. The summed E-state index contributed by atoms with van der Waals surface area (Å²) in [6.07, 6.45) is 1.32. The van der Waals surface area contributed by atoms with Gasteiger partial charge in [0.25, 0.3) is 0 Å². The van der Waals surface area contributed by atoms with Crippen LogP contribution in [0.25, 0.3) is 0 Å². The van der Waals surface area contributed by atoms with Gasteiger partial charge in [-0.3, -0.25) is 14.4 Å². The largest absolute Gasteiger partial charge is 0.497 e. The molecule has 10 heteroatoms. The summed E-state index contributed by atoms with van der Waals surface area (Å²) in [6.45, 7) is 4.34. The zero-order valence-corrected chi connectivity index (χ0v) is 22.4. The highest BCUT2D eigenvalue weighted by molar-refractivity contribution is 6.05. The van der Waals surface area contributed by atoms with Crippen molar-refractivity contribution < 1.29 is 33.7 Å². The van der Waals surface area contributed by atoms with Gasteiger partial charge in [0.1, 0.15) is 23.1 Å². The maximum absolute atomic E-state index is 13.9. The number of hydrogen-bond acceptors (Lipinski definition) is 7. The second kappa shape index (κ2) is 10.5. The molecule has 5 atom stereocenters. The van der Waals surface area contributed by atoms with Crippen molar-refractivity contribution in [3.8, 4) is 11.5 Å². The van der Waals surface area contributed by atoms with E-state index in [0.717, 1.165) is 0 Å². The van der Waals surface area contributed by atoms with Crippen LogP contribution in [0.3, 0.4) is 0 Å². The number of aliphatic hydroxyl groups is 1. The summed E-state index contributed by atoms with van der Waals surface area (Å²) in [6, 6.07) is 13.0. The number of likely N-dealkylation sites (tertiary alicyclic amines) is 1. The molecule has 1 spiro atoms. The van der Waals surface area contributed by atoms with Gasteiger partial charge in [0, 0.05) is 24.5 Å². The number of hydrogen-bond donors (Lipinski definition) is 3. The Morgan fingerprint density at radius 2 is 1.64 bits per heavy atom. The predicted molar refractivity (Wildman–Crippen MR) is 144 cm³/mol. The van der Waals surface area contributed by atoms with Crippen molar-refractivity contribution in [2.45, 2.75) is 50.4 Å². The lowest BCUT2D eigenvalue weighted by Crippen LogP contribution is -2.53. The van der Waals surface area contributed by atoms with Crippen LogP contribution in [0.4, 0.5) is 11.4 Å². The van der Waals surface area contributed by atoms with Crippen molar-refractivity contribution in [1.29, 1.82) is 0 Å². The molecule has 3 aliphatic rings. The molecule has 2 unspecified atom stereocenters. The van der Waals surface area contributed by atoms with E-state index in [2.05, 4.69) is 10.6 Å². The van der Waals surface area contributed by atoms with Gasteiger partial charge in [0.05, 0.1) is 31.2 Å². The molecule has 0 radical (unpaired) electrons. The van der Waals surface area contributed by atoms with Gasteiger partial charge >= 0.3 is 0 Å². The van der Waals surface area contributed by atoms with E-state index in [0.29, 0.717) is 48.7 Å². The first kappa shape index (κ1) is 27.0. The van der Waals surface area contributed by atoms with Crippen molar-refractivity contribution in [3.05, 3.63) is 48.5 Å². The number of nitrogens with zero attached hydrogens (tertiary/aromatic N) is 1. The van der Waals surface area contributed by atoms with Crippen LogP contribution in [-0.2, 0) is 19.1 Å². The van der Waals surface area contributed by atoms with E-state index < -0.39 is 29.1 Å².